The van der Waals surface area contributed by atoms with E-state index in [-0.39, 0.29) is 21.8 Å². The van der Waals surface area contributed by atoms with Crippen molar-refractivity contribution < 1.29 is 9.72 Å². The average Bonchev–Trinajstić information content (AvgIpc) is 2.94. The van der Waals surface area contributed by atoms with Gasteiger partial charge in [-0.3, -0.25) is 14.9 Å². The Morgan fingerprint density at radius 1 is 1.52 bits per heavy atom. The Balaban J connectivity index is 2.09. The lowest BCUT2D eigenvalue weighted by molar-refractivity contribution is -0.385. The van der Waals surface area contributed by atoms with E-state index in [9.17, 15) is 14.9 Å². The number of hydrogen-bond donors (Lipinski definition) is 1. The minimum Gasteiger partial charge on any atom is -0.351 e. The van der Waals surface area contributed by atoms with Gasteiger partial charge in [-0.1, -0.05) is 31.4 Å². The fraction of sp³-hybridized carbons (Fsp3) is 0.571. The number of pyridine rings is 1. The highest BCUT2D eigenvalue weighted by atomic mass is 35.5. The summed E-state index contributed by atoms with van der Waals surface area (Å²) in [5.41, 5.74) is -0.0400. The van der Waals surface area contributed by atoms with Gasteiger partial charge in [0.1, 0.15) is 11.3 Å². The highest BCUT2D eigenvalue weighted by Crippen LogP contribution is 2.40. The molecule has 0 unspecified atom stereocenters. The quantitative estimate of drug-likeness (QED) is 0.513. The molecule has 114 valence electrons. The molecule has 1 saturated carbocycles. The van der Waals surface area contributed by atoms with E-state index in [1.807, 2.05) is 0 Å². The predicted octanol–water partition coefficient (Wildman–Crippen LogP) is 3.34. The van der Waals surface area contributed by atoms with Crippen LogP contribution in [0.3, 0.4) is 0 Å². The molecular formula is C14H18ClN3O3. The van der Waals surface area contributed by atoms with Crippen LogP contribution in [-0.2, 0) is 0 Å². The number of aromatic nitrogens is 1. The van der Waals surface area contributed by atoms with Crippen LogP contribution in [0.1, 0.15) is 49.4 Å². The standard InChI is InChI=1S/C14H18ClN3O3/c1-2-14(5-3-4-6-14)9-17-13(19)11-7-10(18(20)21)8-16-12(11)15/h7-8H,2-6,9H2,1H3,(H,17,19). The molecule has 2 rings (SSSR count). The second-order valence-corrected chi connectivity index (χ2v) is 5.89. The maximum atomic E-state index is 12.2. The molecule has 6 nitrogen and oxygen atoms in total. The minimum absolute atomic E-state index is 0.0185. The van der Waals surface area contributed by atoms with E-state index in [4.69, 9.17) is 11.6 Å². The van der Waals surface area contributed by atoms with Crippen molar-refractivity contribution in [2.75, 3.05) is 6.54 Å². The molecule has 0 aromatic carbocycles. The summed E-state index contributed by atoms with van der Waals surface area (Å²) in [7, 11) is 0. The number of rotatable bonds is 5. The molecule has 1 aliphatic carbocycles. The molecule has 0 saturated heterocycles. The lowest BCUT2D eigenvalue weighted by atomic mass is 9.83. The van der Waals surface area contributed by atoms with Crippen molar-refractivity contribution in [1.82, 2.24) is 10.3 Å². The first-order chi connectivity index (χ1) is 9.97. The van der Waals surface area contributed by atoms with E-state index in [1.54, 1.807) is 0 Å². The molecule has 0 bridgehead atoms. The van der Waals surface area contributed by atoms with Crippen molar-refractivity contribution in [3.05, 3.63) is 33.1 Å². The zero-order chi connectivity index (χ0) is 15.5. The van der Waals surface area contributed by atoms with E-state index in [2.05, 4.69) is 17.2 Å². The molecule has 0 radical (unpaired) electrons. The van der Waals surface area contributed by atoms with Crippen LogP contribution in [-0.4, -0.2) is 22.4 Å². The van der Waals surface area contributed by atoms with Gasteiger partial charge in [-0.15, -0.1) is 0 Å². The average molecular weight is 312 g/mol. The summed E-state index contributed by atoms with van der Waals surface area (Å²) in [5.74, 6) is -0.407. The second-order valence-electron chi connectivity index (χ2n) is 5.53. The normalized spacial score (nSPS) is 16.7. The van der Waals surface area contributed by atoms with Crippen molar-refractivity contribution in [1.29, 1.82) is 0 Å². The van der Waals surface area contributed by atoms with E-state index in [0.29, 0.717) is 6.54 Å². The number of halogens is 1. The number of amides is 1. The third-order valence-corrected chi connectivity index (χ3v) is 4.62. The predicted molar refractivity (Wildman–Crippen MR) is 79.4 cm³/mol. The van der Waals surface area contributed by atoms with E-state index in [1.165, 1.54) is 12.8 Å². The summed E-state index contributed by atoms with van der Waals surface area (Å²) in [6.45, 7) is 2.70. The first-order valence-corrected chi connectivity index (χ1v) is 7.43. The van der Waals surface area contributed by atoms with E-state index >= 15 is 0 Å². The molecule has 1 aromatic rings. The fourth-order valence-corrected chi connectivity index (χ4v) is 3.03. The molecule has 1 fully saturated rings. The van der Waals surface area contributed by atoms with Crippen LogP contribution in [0, 0.1) is 15.5 Å². The van der Waals surface area contributed by atoms with Crippen LogP contribution in [0.15, 0.2) is 12.3 Å². The number of nitrogens with one attached hydrogen (secondary N) is 1. The molecular weight excluding hydrogens is 294 g/mol. The molecule has 0 aliphatic heterocycles. The van der Waals surface area contributed by atoms with Gasteiger partial charge >= 0.3 is 0 Å². The molecule has 1 amide bonds. The Labute approximate surface area is 128 Å². The van der Waals surface area contributed by atoms with E-state index in [0.717, 1.165) is 31.5 Å². The summed E-state index contributed by atoms with van der Waals surface area (Å²) in [5, 5.41) is 13.6. The third kappa shape index (κ3) is 3.50. The van der Waals surface area contributed by atoms with Gasteiger partial charge in [0, 0.05) is 12.6 Å². The van der Waals surface area contributed by atoms with Crippen LogP contribution in [0.5, 0.6) is 0 Å². The summed E-state index contributed by atoms with van der Waals surface area (Å²) in [4.78, 5) is 26.0. The smallest absolute Gasteiger partial charge is 0.288 e. The second kappa shape index (κ2) is 6.39. The molecule has 7 heteroatoms. The maximum absolute atomic E-state index is 12.2. The highest BCUT2D eigenvalue weighted by Gasteiger charge is 2.32. The Morgan fingerprint density at radius 2 is 2.19 bits per heavy atom. The number of carbonyl (C=O) groups is 1. The van der Waals surface area contributed by atoms with Crippen molar-refractivity contribution >= 4 is 23.2 Å². The van der Waals surface area contributed by atoms with Crippen LogP contribution in [0.2, 0.25) is 5.15 Å². The van der Waals surface area contributed by atoms with Gasteiger partial charge in [0.15, 0.2) is 0 Å². The van der Waals surface area contributed by atoms with Gasteiger partial charge < -0.3 is 5.32 Å². The number of nitrogens with zero attached hydrogens (tertiary/aromatic N) is 2. The summed E-state index contributed by atoms with van der Waals surface area (Å²) in [6.07, 6.45) is 6.62. The zero-order valence-corrected chi connectivity index (χ0v) is 12.7. The van der Waals surface area contributed by atoms with Gasteiger partial charge in [0.2, 0.25) is 0 Å². The molecule has 1 N–H and O–H groups in total. The number of carbonyl (C=O) groups excluding carboxylic acids is 1. The minimum atomic E-state index is -0.593. The Morgan fingerprint density at radius 3 is 2.76 bits per heavy atom. The Bertz CT molecular complexity index is 556. The van der Waals surface area contributed by atoms with Crippen molar-refractivity contribution in [3.63, 3.8) is 0 Å². The molecule has 21 heavy (non-hydrogen) atoms. The summed E-state index contributed by atoms with van der Waals surface area (Å²) >= 11 is 5.87. The van der Waals surface area contributed by atoms with Crippen LogP contribution in [0.4, 0.5) is 5.69 Å². The van der Waals surface area contributed by atoms with Gasteiger partial charge in [0.25, 0.3) is 11.6 Å². The van der Waals surface area contributed by atoms with Gasteiger partial charge in [-0.05, 0) is 24.7 Å². The summed E-state index contributed by atoms with van der Waals surface area (Å²) in [6, 6.07) is 1.16. The SMILES string of the molecule is CCC1(CNC(=O)c2cc([N+](=O)[O-])cnc2Cl)CCCC1. The van der Waals surface area contributed by atoms with Gasteiger partial charge in [0.05, 0.1) is 10.5 Å². The largest absolute Gasteiger partial charge is 0.351 e. The van der Waals surface area contributed by atoms with Gasteiger partial charge in [-0.2, -0.15) is 0 Å². The van der Waals surface area contributed by atoms with Gasteiger partial charge in [-0.25, -0.2) is 4.98 Å². The lowest BCUT2D eigenvalue weighted by Gasteiger charge is -2.27. The topological polar surface area (TPSA) is 85.1 Å². The van der Waals surface area contributed by atoms with Crippen molar-refractivity contribution in [2.24, 2.45) is 5.41 Å². The monoisotopic (exact) mass is 311 g/mol. The first-order valence-electron chi connectivity index (χ1n) is 7.05. The van der Waals surface area contributed by atoms with Crippen LogP contribution < -0.4 is 5.32 Å². The molecule has 1 aromatic heterocycles. The molecule has 0 spiro atoms. The highest BCUT2D eigenvalue weighted by molar-refractivity contribution is 6.32. The van der Waals surface area contributed by atoms with E-state index < -0.39 is 10.8 Å². The van der Waals surface area contributed by atoms with Crippen molar-refractivity contribution in [3.8, 4) is 0 Å². The first kappa shape index (κ1) is 15.7. The lowest BCUT2D eigenvalue weighted by Crippen LogP contribution is -2.35. The molecule has 1 heterocycles. The van der Waals surface area contributed by atoms with Crippen LogP contribution in [0.25, 0.3) is 0 Å². The Hall–Kier alpha value is -1.69. The van der Waals surface area contributed by atoms with Crippen molar-refractivity contribution in [2.45, 2.75) is 39.0 Å². The Kier molecular flexibility index (Phi) is 4.77. The maximum Gasteiger partial charge on any atom is 0.288 e. The fourth-order valence-electron chi connectivity index (χ4n) is 2.84. The zero-order valence-electron chi connectivity index (χ0n) is 11.9. The summed E-state index contributed by atoms with van der Waals surface area (Å²) < 4.78 is 0. The molecule has 1 aliphatic rings. The number of nitro groups is 1. The third-order valence-electron chi connectivity index (χ3n) is 4.32. The number of hydrogen-bond acceptors (Lipinski definition) is 4. The molecule has 0 atom stereocenters. The van der Waals surface area contributed by atoms with Crippen LogP contribution >= 0.6 is 11.6 Å².